The van der Waals surface area contributed by atoms with E-state index < -0.39 is 16.0 Å². The highest BCUT2D eigenvalue weighted by molar-refractivity contribution is 7.89. The number of aromatic nitrogens is 2. The first kappa shape index (κ1) is 23.0. The zero-order chi connectivity index (χ0) is 22.8. The van der Waals surface area contributed by atoms with Crippen molar-refractivity contribution in [3.63, 3.8) is 0 Å². The molecule has 0 bridgehead atoms. The van der Waals surface area contributed by atoms with Gasteiger partial charge in [0.05, 0.1) is 6.61 Å². The number of piperidine rings is 1. The lowest BCUT2D eigenvalue weighted by Gasteiger charge is -2.30. The Hall–Kier alpha value is -2.72. The van der Waals surface area contributed by atoms with E-state index in [1.165, 1.54) is 4.31 Å². The predicted octanol–water partition coefficient (Wildman–Crippen LogP) is 2.55. The summed E-state index contributed by atoms with van der Waals surface area (Å²) in [5.74, 6) is -0.663. The molecule has 31 heavy (non-hydrogen) atoms. The fourth-order valence-electron chi connectivity index (χ4n) is 3.86. The van der Waals surface area contributed by atoms with Crippen molar-refractivity contribution in [2.24, 2.45) is 5.92 Å². The van der Waals surface area contributed by atoms with Gasteiger partial charge < -0.3 is 15.0 Å². The maximum Gasteiger partial charge on any atom is 0.341 e. The van der Waals surface area contributed by atoms with Gasteiger partial charge in [-0.15, -0.1) is 0 Å². The average molecular weight is 449 g/mol. The van der Waals surface area contributed by atoms with Gasteiger partial charge in [-0.25, -0.2) is 18.2 Å². The lowest BCUT2D eigenvalue weighted by atomic mass is 9.97. The Bertz CT molecular complexity index is 1090. The maximum atomic E-state index is 13.3. The Morgan fingerprint density at radius 2 is 1.87 bits per heavy atom. The van der Waals surface area contributed by atoms with Crippen LogP contribution in [0.5, 0.6) is 0 Å². The Kier molecular flexibility index (Phi) is 6.80. The highest BCUT2D eigenvalue weighted by atomic mass is 32.2. The molecule has 0 unspecified atom stereocenters. The summed E-state index contributed by atoms with van der Waals surface area (Å²) in [5.41, 5.74) is 1.69. The number of carbonyl (C=O) groups is 2. The van der Waals surface area contributed by atoms with E-state index in [-0.39, 0.29) is 42.0 Å². The third-order valence-corrected chi connectivity index (χ3v) is 7.43. The Balaban J connectivity index is 1.73. The van der Waals surface area contributed by atoms with Gasteiger partial charge in [-0.1, -0.05) is 6.07 Å². The molecule has 2 aromatic rings. The Labute approximate surface area is 182 Å². The number of anilines is 1. The standard InChI is InChI=1S/C21H28N4O5S/c1-5-30-21(27)18-14(3)23-15(4)19(18)31(28,29)25-11-9-16(10-12-25)20(26)24-17-8-6-7-13(2)22-17/h6-8,16,23H,5,9-12H2,1-4H3,(H,22,24,26). The first-order valence-electron chi connectivity index (χ1n) is 10.3. The molecule has 0 atom stereocenters. The van der Waals surface area contributed by atoms with Crippen LogP contribution in [0.15, 0.2) is 23.1 Å². The molecule has 0 saturated carbocycles. The number of nitrogens with one attached hydrogen (secondary N) is 2. The highest BCUT2D eigenvalue weighted by Gasteiger charge is 2.37. The largest absolute Gasteiger partial charge is 0.462 e. The molecule has 0 radical (unpaired) electrons. The van der Waals surface area contributed by atoms with E-state index in [4.69, 9.17) is 4.74 Å². The highest BCUT2D eigenvalue weighted by Crippen LogP contribution is 2.30. The lowest BCUT2D eigenvalue weighted by Crippen LogP contribution is -2.42. The van der Waals surface area contributed by atoms with Crippen LogP contribution in [0.1, 0.15) is 47.2 Å². The zero-order valence-corrected chi connectivity index (χ0v) is 19.0. The van der Waals surface area contributed by atoms with Crippen LogP contribution in [0, 0.1) is 26.7 Å². The smallest absolute Gasteiger partial charge is 0.341 e. The van der Waals surface area contributed by atoms with Crippen molar-refractivity contribution in [1.82, 2.24) is 14.3 Å². The van der Waals surface area contributed by atoms with Crippen molar-refractivity contribution in [3.8, 4) is 0 Å². The quantitative estimate of drug-likeness (QED) is 0.655. The van der Waals surface area contributed by atoms with Crippen LogP contribution >= 0.6 is 0 Å². The van der Waals surface area contributed by atoms with Crippen LogP contribution in [-0.4, -0.2) is 54.3 Å². The van der Waals surface area contributed by atoms with Crippen LogP contribution in [0.4, 0.5) is 5.82 Å². The first-order chi connectivity index (χ1) is 14.6. The van der Waals surface area contributed by atoms with Crippen molar-refractivity contribution < 1.29 is 22.7 Å². The van der Waals surface area contributed by atoms with E-state index in [0.29, 0.717) is 30.0 Å². The van der Waals surface area contributed by atoms with Gasteiger partial charge in [-0.2, -0.15) is 4.31 Å². The minimum atomic E-state index is -3.92. The van der Waals surface area contributed by atoms with Gasteiger partial charge in [0.25, 0.3) is 0 Å². The van der Waals surface area contributed by atoms with Crippen molar-refractivity contribution in [3.05, 3.63) is 40.8 Å². The fraction of sp³-hybridized carbons (Fsp3) is 0.476. The normalized spacial score (nSPS) is 15.6. The van der Waals surface area contributed by atoms with Gasteiger partial charge in [0.15, 0.2) is 0 Å². The van der Waals surface area contributed by atoms with Crippen LogP contribution < -0.4 is 5.32 Å². The molecule has 0 aliphatic carbocycles. The molecule has 3 heterocycles. The second-order valence-corrected chi connectivity index (χ2v) is 9.51. The van der Waals surface area contributed by atoms with Gasteiger partial charge in [-0.05, 0) is 52.7 Å². The zero-order valence-electron chi connectivity index (χ0n) is 18.2. The van der Waals surface area contributed by atoms with Gasteiger partial charge >= 0.3 is 5.97 Å². The number of pyridine rings is 1. The molecule has 1 fully saturated rings. The second kappa shape index (κ2) is 9.19. The molecule has 168 valence electrons. The molecule has 0 aromatic carbocycles. The minimum Gasteiger partial charge on any atom is -0.462 e. The number of H-pyrrole nitrogens is 1. The number of carbonyl (C=O) groups excluding carboxylic acids is 2. The summed E-state index contributed by atoms with van der Waals surface area (Å²) in [5, 5.41) is 2.80. The molecule has 1 aliphatic rings. The molecule has 10 heteroatoms. The molecule has 0 spiro atoms. The molecular formula is C21H28N4O5S. The maximum absolute atomic E-state index is 13.3. The van der Waals surface area contributed by atoms with E-state index in [1.807, 2.05) is 19.1 Å². The van der Waals surface area contributed by atoms with E-state index in [1.54, 1.807) is 26.8 Å². The molecule has 3 rings (SSSR count). The number of rotatable bonds is 6. The molecule has 2 N–H and O–H groups in total. The third-order valence-electron chi connectivity index (χ3n) is 5.36. The number of sulfonamides is 1. The van der Waals surface area contributed by atoms with E-state index in [0.717, 1.165) is 5.69 Å². The van der Waals surface area contributed by atoms with Crippen LogP contribution in [0.2, 0.25) is 0 Å². The van der Waals surface area contributed by atoms with E-state index >= 15 is 0 Å². The van der Waals surface area contributed by atoms with Crippen LogP contribution in [0.3, 0.4) is 0 Å². The monoisotopic (exact) mass is 448 g/mol. The molecule has 2 aromatic heterocycles. The number of esters is 1. The summed E-state index contributed by atoms with van der Waals surface area (Å²) in [7, 11) is -3.92. The van der Waals surface area contributed by atoms with Crippen molar-refractivity contribution in [1.29, 1.82) is 0 Å². The summed E-state index contributed by atoms with van der Waals surface area (Å²) in [6, 6.07) is 5.38. The number of hydrogen-bond acceptors (Lipinski definition) is 6. The second-order valence-electron chi connectivity index (χ2n) is 7.63. The van der Waals surface area contributed by atoms with Crippen molar-refractivity contribution >= 4 is 27.7 Å². The lowest BCUT2D eigenvalue weighted by molar-refractivity contribution is -0.120. The van der Waals surface area contributed by atoms with Gasteiger partial charge in [-0.3, -0.25) is 4.79 Å². The predicted molar refractivity (Wildman–Crippen MR) is 115 cm³/mol. The van der Waals surface area contributed by atoms with Crippen molar-refractivity contribution in [2.45, 2.75) is 45.4 Å². The topological polar surface area (TPSA) is 121 Å². The molecular weight excluding hydrogens is 420 g/mol. The molecule has 9 nitrogen and oxygen atoms in total. The van der Waals surface area contributed by atoms with Gasteiger partial charge in [0.2, 0.25) is 15.9 Å². The number of hydrogen-bond donors (Lipinski definition) is 2. The number of aryl methyl sites for hydroxylation is 3. The Morgan fingerprint density at radius 1 is 1.19 bits per heavy atom. The van der Waals surface area contributed by atoms with Crippen LogP contribution in [-0.2, 0) is 19.6 Å². The molecule has 1 saturated heterocycles. The minimum absolute atomic E-state index is 0.0460. The summed E-state index contributed by atoms with van der Waals surface area (Å²) in [6.07, 6.45) is 0.766. The van der Waals surface area contributed by atoms with E-state index in [9.17, 15) is 18.0 Å². The van der Waals surface area contributed by atoms with Crippen LogP contribution in [0.25, 0.3) is 0 Å². The van der Waals surface area contributed by atoms with E-state index in [2.05, 4.69) is 15.3 Å². The fourth-order valence-corrected chi connectivity index (χ4v) is 5.74. The average Bonchev–Trinajstić information content (AvgIpc) is 3.03. The summed E-state index contributed by atoms with van der Waals surface area (Å²) >= 11 is 0. The number of nitrogens with zero attached hydrogens (tertiary/aromatic N) is 2. The van der Waals surface area contributed by atoms with Gasteiger partial charge in [0, 0.05) is 36.1 Å². The molecule has 1 aliphatic heterocycles. The molecule has 1 amide bonds. The van der Waals surface area contributed by atoms with Gasteiger partial charge in [0.1, 0.15) is 16.3 Å². The third kappa shape index (κ3) is 4.80. The summed E-state index contributed by atoms with van der Waals surface area (Å²) < 4.78 is 33.1. The first-order valence-corrected chi connectivity index (χ1v) is 11.7. The number of aromatic amines is 1. The van der Waals surface area contributed by atoms with Crippen molar-refractivity contribution in [2.75, 3.05) is 25.0 Å². The SMILES string of the molecule is CCOC(=O)c1c(C)[nH]c(C)c1S(=O)(=O)N1CCC(C(=O)Nc2cccc(C)n2)CC1. The number of ether oxygens (including phenoxy) is 1. The summed E-state index contributed by atoms with van der Waals surface area (Å²) in [6.45, 7) is 7.31. The summed E-state index contributed by atoms with van der Waals surface area (Å²) in [4.78, 5) is 32.1. The Morgan fingerprint density at radius 3 is 2.48 bits per heavy atom. The number of amides is 1.